The van der Waals surface area contributed by atoms with E-state index in [0.29, 0.717) is 11.3 Å². The molecule has 0 spiro atoms. The average molecular weight is 452 g/mol. The maximum absolute atomic E-state index is 13.2. The Hall–Kier alpha value is -3.96. The second kappa shape index (κ2) is 9.89. The number of aromatic nitrogens is 1. The lowest BCUT2D eigenvalue weighted by Gasteiger charge is -2.18. The molecular formula is C29H29N3O2. The minimum atomic E-state index is -0.196. The van der Waals surface area contributed by atoms with Gasteiger partial charge in [0.1, 0.15) is 0 Å². The van der Waals surface area contributed by atoms with Crippen LogP contribution in [0, 0.1) is 27.7 Å². The van der Waals surface area contributed by atoms with E-state index in [9.17, 15) is 9.90 Å². The number of aliphatic hydroxyl groups excluding tert-OH is 1. The van der Waals surface area contributed by atoms with Crippen molar-refractivity contribution in [2.75, 3.05) is 10.6 Å². The lowest BCUT2D eigenvalue weighted by atomic mass is 10.00. The first-order valence-electron chi connectivity index (χ1n) is 11.3. The van der Waals surface area contributed by atoms with E-state index in [1.54, 1.807) is 12.4 Å². The molecule has 0 aliphatic carbocycles. The van der Waals surface area contributed by atoms with Gasteiger partial charge in [-0.25, -0.2) is 0 Å². The molecule has 3 aromatic carbocycles. The third kappa shape index (κ3) is 5.33. The Bertz CT molecular complexity index is 1320. The van der Waals surface area contributed by atoms with Crippen molar-refractivity contribution in [2.24, 2.45) is 0 Å². The molecular weight excluding hydrogens is 422 g/mol. The first kappa shape index (κ1) is 23.2. The standard InChI is InChI=1S/C29H29N3O2/c1-18-8-19(2)11-23(10-18)26-15-30-16-27(28(26)31-25-7-5-6-22(14-25)17-33)32-29(34)24-12-20(3)9-21(4)13-24/h5-16,33H,17H2,1-4H3,(H,30,31)(H,32,34). The normalized spacial score (nSPS) is 10.7. The maximum Gasteiger partial charge on any atom is 0.255 e. The van der Waals surface area contributed by atoms with Crippen molar-refractivity contribution < 1.29 is 9.90 Å². The number of hydrogen-bond acceptors (Lipinski definition) is 4. The SMILES string of the molecule is Cc1cc(C)cc(C(=O)Nc2cncc(-c3cc(C)cc(C)c3)c2Nc2cccc(CO)c2)c1. The number of amides is 1. The molecule has 0 saturated carbocycles. The van der Waals surface area contributed by atoms with Crippen LogP contribution in [-0.4, -0.2) is 16.0 Å². The molecule has 172 valence electrons. The summed E-state index contributed by atoms with van der Waals surface area (Å²) in [6, 6.07) is 19.7. The van der Waals surface area contributed by atoms with Crippen LogP contribution < -0.4 is 10.6 Å². The zero-order valence-corrected chi connectivity index (χ0v) is 19.9. The zero-order chi connectivity index (χ0) is 24.2. The summed E-state index contributed by atoms with van der Waals surface area (Å²) in [6.45, 7) is 8.04. The van der Waals surface area contributed by atoms with Crippen LogP contribution in [0.15, 0.2) is 73.1 Å². The molecule has 0 saturated heterocycles. The number of nitrogens with one attached hydrogen (secondary N) is 2. The number of pyridine rings is 1. The molecule has 4 rings (SSSR count). The van der Waals surface area contributed by atoms with Crippen molar-refractivity contribution in [1.82, 2.24) is 4.98 Å². The van der Waals surface area contributed by atoms with E-state index >= 15 is 0 Å². The van der Waals surface area contributed by atoms with Gasteiger partial charge in [-0.1, -0.05) is 58.7 Å². The van der Waals surface area contributed by atoms with Gasteiger partial charge in [0.25, 0.3) is 5.91 Å². The van der Waals surface area contributed by atoms with Gasteiger partial charge in [-0.3, -0.25) is 9.78 Å². The molecule has 0 radical (unpaired) electrons. The fourth-order valence-corrected chi connectivity index (χ4v) is 4.23. The molecule has 5 nitrogen and oxygen atoms in total. The number of anilines is 3. The number of aryl methyl sites for hydroxylation is 4. The summed E-state index contributed by atoms with van der Waals surface area (Å²) in [7, 11) is 0. The number of hydrogen-bond donors (Lipinski definition) is 3. The highest BCUT2D eigenvalue weighted by Gasteiger charge is 2.16. The Morgan fingerprint density at radius 1 is 0.853 bits per heavy atom. The minimum Gasteiger partial charge on any atom is -0.392 e. The number of nitrogens with zero attached hydrogens (tertiary/aromatic N) is 1. The summed E-state index contributed by atoms with van der Waals surface area (Å²) in [4.78, 5) is 17.6. The van der Waals surface area contributed by atoms with Gasteiger partial charge < -0.3 is 15.7 Å². The molecule has 34 heavy (non-hydrogen) atoms. The monoisotopic (exact) mass is 451 g/mol. The summed E-state index contributed by atoms with van der Waals surface area (Å²) < 4.78 is 0. The van der Waals surface area contributed by atoms with Crippen molar-refractivity contribution in [3.05, 3.63) is 106 Å². The van der Waals surface area contributed by atoms with Gasteiger partial charge >= 0.3 is 0 Å². The van der Waals surface area contributed by atoms with Gasteiger partial charge in [0.05, 0.1) is 24.2 Å². The van der Waals surface area contributed by atoms with Crippen LogP contribution in [0.5, 0.6) is 0 Å². The largest absolute Gasteiger partial charge is 0.392 e. The maximum atomic E-state index is 13.2. The van der Waals surface area contributed by atoms with Crippen molar-refractivity contribution in [3.8, 4) is 11.1 Å². The van der Waals surface area contributed by atoms with Crippen LogP contribution in [-0.2, 0) is 6.61 Å². The predicted octanol–water partition coefficient (Wildman–Crippen LogP) is 6.47. The van der Waals surface area contributed by atoms with E-state index in [1.165, 1.54) is 0 Å². The second-order valence-electron chi connectivity index (χ2n) is 8.80. The minimum absolute atomic E-state index is 0.0495. The molecule has 1 amide bonds. The van der Waals surface area contributed by atoms with Crippen LogP contribution in [0.4, 0.5) is 17.1 Å². The number of aliphatic hydroxyl groups is 1. The predicted molar refractivity (Wildman–Crippen MR) is 139 cm³/mol. The molecule has 5 heteroatoms. The van der Waals surface area contributed by atoms with Gasteiger partial charge in [0.15, 0.2) is 0 Å². The van der Waals surface area contributed by atoms with Gasteiger partial charge in [0.2, 0.25) is 0 Å². The molecule has 3 N–H and O–H groups in total. The Morgan fingerprint density at radius 3 is 2.15 bits per heavy atom. The fourth-order valence-electron chi connectivity index (χ4n) is 4.23. The molecule has 0 fully saturated rings. The lowest BCUT2D eigenvalue weighted by Crippen LogP contribution is -2.14. The summed E-state index contributed by atoms with van der Waals surface area (Å²) in [5.74, 6) is -0.196. The van der Waals surface area contributed by atoms with E-state index in [1.807, 2.05) is 56.3 Å². The highest BCUT2D eigenvalue weighted by Crippen LogP contribution is 2.37. The van der Waals surface area contributed by atoms with Crippen molar-refractivity contribution in [1.29, 1.82) is 0 Å². The van der Waals surface area contributed by atoms with Crippen LogP contribution in [0.2, 0.25) is 0 Å². The van der Waals surface area contributed by atoms with E-state index in [2.05, 4.69) is 47.7 Å². The van der Waals surface area contributed by atoms with Gasteiger partial charge in [-0.15, -0.1) is 0 Å². The molecule has 0 aliphatic heterocycles. The number of carbonyl (C=O) groups excluding carboxylic acids is 1. The first-order chi connectivity index (χ1) is 16.3. The van der Waals surface area contributed by atoms with Crippen LogP contribution in [0.1, 0.15) is 38.2 Å². The first-order valence-corrected chi connectivity index (χ1v) is 11.3. The highest BCUT2D eigenvalue weighted by atomic mass is 16.3. The van der Waals surface area contributed by atoms with E-state index in [0.717, 1.165) is 50.3 Å². The Morgan fingerprint density at radius 2 is 1.50 bits per heavy atom. The Labute approximate surface area is 200 Å². The molecule has 1 aromatic heterocycles. The Kier molecular flexibility index (Phi) is 6.75. The number of benzene rings is 3. The molecule has 0 bridgehead atoms. The van der Waals surface area contributed by atoms with Crippen molar-refractivity contribution in [2.45, 2.75) is 34.3 Å². The molecule has 0 aliphatic rings. The molecule has 0 atom stereocenters. The summed E-state index contributed by atoms with van der Waals surface area (Å²) in [5, 5.41) is 16.1. The zero-order valence-electron chi connectivity index (χ0n) is 19.9. The third-order valence-corrected chi connectivity index (χ3v) is 5.59. The van der Waals surface area contributed by atoms with Crippen LogP contribution >= 0.6 is 0 Å². The second-order valence-corrected chi connectivity index (χ2v) is 8.80. The fraction of sp³-hybridized carbons (Fsp3) is 0.172. The van der Waals surface area contributed by atoms with Crippen molar-refractivity contribution >= 4 is 23.0 Å². The lowest BCUT2D eigenvalue weighted by molar-refractivity contribution is 0.102. The van der Waals surface area contributed by atoms with Crippen molar-refractivity contribution in [3.63, 3.8) is 0 Å². The quantitative estimate of drug-likeness (QED) is 0.314. The van der Waals surface area contributed by atoms with Gasteiger partial charge in [-0.05, 0) is 63.1 Å². The molecule has 4 aromatic rings. The summed E-state index contributed by atoms with van der Waals surface area (Å²) >= 11 is 0. The molecule has 0 unspecified atom stereocenters. The molecule has 1 heterocycles. The average Bonchev–Trinajstić information content (AvgIpc) is 2.79. The van der Waals surface area contributed by atoms with E-state index in [4.69, 9.17) is 0 Å². The van der Waals surface area contributed by atoms with E-state index in [-0.39, 0.29) is 12.5 Å². The van der Waals surface area contributed by atoms with Gasteiger partial charge in [0, 0.05) is 23.0 Å². The topological polar surface area (TPSA) is 74.2 Å². The number of carbonyl (C=O) groups is 1. The Balaban J connectivity index is 1.81. The van der Waals surface area contributed by atoms with Gasteiger partial charge in [-0.2, -0.15) is 0 Å². The van der Waals surface area contributed by atoms with Crippen LogP contribution in [0.25, 0.3) is 11.1 Å². The van der Waals surface area contributed by atoms with Crippen LogP contribution in [0.3, 0.4) is 0 Å². The summed E-state index contributed by atoms with van der Waals surface area (Å²) in [6.07, 6.45) is 3.46. The highest BCUT2D eigenvalue weighted by molar-refractivity contribution is 6.07. The third-order valence-electron chi connectivity index (χ3n) is 5.59. The van der Waals surface area contributed by atoms with E-state index < -0.39 is 0 Å². The summed E-state index contributed by atoms with van der Waals surface area (Å²) in [5.41, 5.74) is 9.77. The number of rotatable bonds is 6. The smallest absolute Gasteiger partial charge is 0.255 e.